The lowest BCUT2D eigenvalue weighted by atomic mass is 10.0. The smallest absolute Gasteiger partial charge is 0.328 e. The summed E-state index contributed by atoms with van der Waals surface area (Å²) in [4.78, 5) is 25.7. The third-order valence-electron chi connectivity index (χ3n) is 4.93. The number of hydrogen-bond donors (Lipinski definition) is 2. The molecule has 0 aromatic heterocycles. The van der Waals surface area contributed by atoms with E-state index in [2.05, 4.69) is 46.6 Å². The lowest BCUT2D eigenvalue weighted by Crippen LogP contribution is -2.50. The number of carbonyl (C=O) groups excluding carboxylic acids is 1. The van der Waals surface area contributed by atoms with Crippen LogP contribution in [-0.4, -0.2) is 40.0 Å². The van der Waals surface area contributed by atoms with Gasteiger partial charge in [-0.15, -0.1) is 0 Å². The summed E-state index contributed by atoms with van der Waals surface area (Å²) in [5.41, 5.74) is 0.0261. The van der Waals surface area contributed by atoms with Gasteiger partial charge in [-0.25, -0.2) is 4.79 Å². The molecule has 1 amide bonds. The van der Waals surface area contributed by atoms with E-state index in [0.29, 0.717) is 19.0 Å². The van der Waals surface area contributed by atoms with Crippen LogP contribution in [0.2, 0.25) is 0 Å². The molecule has 2 aromatic carbocycles. The Kier molecular flexibility index (Phi) is 5.28. The second kappa shape index (κ2) is 7.46. The van der Waals surface area contributed by atoms with Crippen LogP contribution in [0.3, 0.4) is 0 Å². The number of hydrogen-bond acceptors (Lipinski definition) is 3. The zero-order chi connectivity index (χ0) is 18.7. The highest BCUT2D eigenvalue weighted by Crippen LogP contribution is 2.30. The number of carboxylic acid groups (broad SMARTS) is 1. The van der Waals surface area contributed by atoms with Crippen LogP contribution in [0.5, 0.6) is 0 Å². The van der Waals surface area contributed by atoms with E-state index >= 15 is 0 Å². The van der Waals surface area contributed by atoms with Crippen molar-refractivity contribution in [3.05, 3.63) is 48.0 Å². The molecular formula is C21H26N2O3. The number of rotatable bonds is 8. The Hall–Kier alpha value is -2.40. The van der Waals surface area contributed by atoms with E-state index in [4.69, 9.17) is 5.11 Å². The highest BCUT2D eigenvalue weighted by atomic mass is 16.4. The van der Waals surface area contributed by atoms with Crippen molar-refractivity contribution in [2.24, 2.45) is 0 Å². The maximum atomic E-state index is 12.2. The van der Waals surface area contributed by atoms with Crippen LogP contribution in [-0.2, 0) is 16.1 Å². The predicted octanol–water partition coefficient (Wildman–Crippen LogP) is 3.17. The van der Waals surface area contributed by atoms with Crippen LogP contribution < -0.4 is 5.32 Å². The lowest BCUT2D eigenvalue weighted by Gasteiger charge is -2.25. The van der Waals surface area contributed by atoms with E-state index in [-0.39, 0.29) is 5.91 Å². The van der Waals surface area contributed by atoms with Crippen LogP contribution in [0.1, 0.15) is 38.7 Å². The Labute approximate surface area is 154 Å². The minimum Gasteiger partial charge on any atom is -0.480 e. The molecule has 5 heteroatoms. The molecule has 0 unspecified atom stereocenters. The van der Waals surface area contributed by atoms with Gasteiger partial charge in [-0.2, -0.15) is 0 Å². The molecule has 2 aromatic rings. The monoisotopic (exact) mass is 354 g/mol. The maximum Gasteiger partial charge on any atom is 0.328 e. The van der Waals surface area contributed by atoms with Gasteiger partial charge in [-0.3, -0.25) is 9.69 Å². The van der Waals surface area contributed by atoms with Crippen LogP contribution >= 0.6 is 0 Å². The normalized spacial score (nSPS) is 14.6. The number of amides is 1. The average molecular weight is 354 g/mol. The fourth-order valence-corrected chi connectivity index (χ4v) is 3.19. The highest BCUT2D eigenvalue weighted by Gasteiger charge is 2.31. The molecule has 0 spiro atoms. The number of carboxylic acids is 1. The predicted molar refractivity (Wildman–Crippen MR) is 102 cm³/mol. The van der Waals surface area contributed by atoms with Gasteiger partial charge in [0.15, 0.2) is 0 Å². The number of fused-ring (bicyclic) bond motifs is 1. The summed E-state index contributed by atoms with van der Waals surface area (Å²) in [5.74, 6) is -1.25. The Balaban J connectivity index is 1.65. The quantitative estimate of drug-likeness (QED) is 0.764. The molecule has 0 saturated heterocycles. The third-order valence-corrected chi connectivity index (χ3v) is 4.93. The number of nitrogens with zero attached hydrogens (tertiary/aromatic N) is 1. The molecule has 5 nitrogen and oxygen atoms in total. The van der Waals surface area contributed by atoms with Crippen LogP contribution in [0, 0.1) is 0 Å². The van der Waals surface area contributed by atoms with Crippen LogP contribution in [0.15, 0.2) is 42.5 Å². The van der Waals surface area contributed by atoms with Gasteiger partial charge in [-0.1, -0.05) is 42.5 Å². The molecule has 0 atom stereocenters. The van der Waals surface area contributed by atoms with E-state index in [1.165, 1.54) is 30.2 Å². The number of aliphatic carboxylic acids is 1. The molecule has 1 aliphatic rings. The summed E-state index contributed by atoms with van der Waals surface area (Å²) in [6.45, 7) is 4.45. The minimum absolute atomic E-state index is 0.221. The Morgan fingerprint density at radius 1 is 1.15 bits per heavy atom. The highest BCUT2D eigenvalue weighted by molar-refractivity contribution is 5.86. The fourth-order valence-electron chi connectivity index (χ4n) is 3.19. The van der Waals surface area contributed by atoms with E-state index in [0.717, 1.165) is 19.4 Å². The van der Waals surface area contributed by atoms with Crippen molar-refractivity contribution in [3.63, 3.8) is 0 Å². The summed E-state index contributed by atoms with van der Waals surface area (Å²) < 4.78 is 0. The van der Waals surface area contributed by atoms with Crippen molar-refractivity contribution in [3.8, 4) is 0 Å². The molecule has 2 N–H and O–H groups in total. The minimum atomic E-state index is -1.24. The second-order valence-electron chi connectivity index (χ2n) is 7.57. The van der Waals surface area contributed by atoms with Crippen LogP contribution in [0.25, 0.3) is 10.8 Å². The van der Waals surface area contributed by atoms with E-state index in [1.807, 2.05) is 6.07 Å². The summed E-state index contributed by atoms with van der Waals surface area (Å²) in [6.07, 6.45) is 2.62. The largest absolute Gasteiger partial charge is 0.480 e. The van der Waals surface area contributed by atoms with Crippen molar-refractivity contribution in [1.82, 2.24) is 10.2 Å². The van der Waals surface area contributed by atoms with Crippen LogP contribution in [0.4, 0.5) is 0 Å². The zero-order valence-electron chi connectivity index (χ0n) is 15.4. The molecule has 1 aliphatic carbocycles. The molecule has 26 heavy (non-hydrogen) atoms. The van der Waals surface area contributed by atoms with Gasteiger partial charge in [0.2, 0.25) is 5.91 Å². The number of carbonyl (C=O) groups is 2. The lowest BCUT2D eigenvalue weighted by molar-refractivity contribution is -0.146. The first kappa shape index (κ1) is 18.4. The Morgan fingerprint density at radius 3 is 2.54 bits per heavy atom. The van der Waals surface area contributed by atoms with E-state index in [9.17, 15) is 9.59 Å². The van der Waals surface area contributed by atoms with Gasteiger partial charge in [-0.05, 0) is 43.0 Å². The van der Waals surface area contributed by atoms with Gasteiger partial charge in [0.05, 0.1) is 0 Å². The van der Waals surface area contributed by atoms with E-state index < -0.39 is 11.5 Å². The fraction of sp³-hybridized carbons (Fsp3) is 0.429. The Bertz CT molecular complexity index is 807. The molecule has 1 saturated carbocycles. The molecule has 0 bridgehead atoms. The maximum absolute atomic E-state index is 12.2. The topological polar surface area (TPSA) is 69.6 Å². The van der Waals surface area contributed by atoms with Crippen molar-refractivity contribution in [2.75, 3.05) is 6.54 Å². The summed E-state index contributed by atoms with van der Waals surface area (Å²) in [5, 5.41) is 14.2. The second-order valence-corrected chi connectivity index (χ2v) is 7.57. The summed E-state index contributed by atoms with van der Waals surface area (Å²) in [6, 6.07) is 15.2. The molecule has 0 radical (unpaired) electrons. The third kappa shape index (κ3) is 4.41. The molecule has 138 valence electrons. The molecule has 0 heterocycles. The summed E-state index contributed by atoms with van der Waals surface area (Å²) in [7, 11) is 0. The van der Waals surface area contributed by atoms with Gasteiger partial charge >= 0.3 is 5.97 Å². The van der Waals surface area contributed by atoms with Crippen molar-refractivity contribution < 1.29 is 14.7 Å². The first-order valence-corrected chi connectivity index (χ1v) is 9.12. The first-order valence-electron chi connectivity index (χ1n) is 9.12. The van der Waals surface area contributed by atoms with Crippen molar-refractivity contribution in [1.29, 1.82) is 0 Å². The average Bonchev–Trinajstić information content (AvgIpc) is 3.43. The molecular weight excluding hydrogens is 328 g/mol. The van der Waals surface area contributed by atoms with Gasteiger partial charge in [0, 0.05) is 25.6 Å². The van der Waals surface area contributed by atoms with Gasteiger partial charge in [0.25, 0.3) is 0 Å². The number of benzene rings is 2. The molecule has 0 aliphatic heterocycles. The van der Waals surface area contributed by atoms with E-state index in [1.54, 1.807) is 0 Å². The standard InChI is InChI=1S/C21H26N2O3/c1-21(2,20(25)26)22-19(24)12-13-23(17-10-11-17)14-16-8-5-7-15-6-3-4-9-18(15)16/h3-9,17H,10-14H2,1-2H3,(H,22,24)(H,25,26). The first-order chi connectivity index (χ1) is 12.4. The van der Waals surface area contributed by atoms with Gasteiger partial charge in [0.1, 0.15) is 5.54 Å². The summed E-state index contributed by atoms with van der Waals surface area (Å²) >= 11 is 0. The Morgan fingerprint density at radius 2 is 1.85 bits per heavy atom. The molecule has 1 fully saturated rings. The van der Waals surface area contributed by atoms with Crippen molar-refractivity contribution in [2.45, 2.75) is 51.2 Å². The molecule has 3 rings (SSSR count). The zero-order valence-corrected chi connectivity index (χ0v) is 15.4. The number of nitrogens with one attached hydrogen (secondary N) is 1. The van der Waals surface area contributed by atoms with Crippen molar-refractivity contribution >= 4 is 22.6 Å². The van der Waals surface area contributed by atoms with Gasteiger partial charge < -0.3 is 10.4 Å². The SMILES string of the molecule is CC(C)(NC(=O)CCN(Cc1cccc2ccccc12)C1CC1)C(=O)O.